The van der Waals surface area contributed by atoms with Crippen molar-refractivity contribution in [3.05, 3.63) is 0 Å². The zero-order valence-electron chi connectivity index (χ0n) is 15.2. The SMILES string of the molecule is CC(C)C(N)C(=O)NC(CCC(N)=O)C(=O)NC(CO)C(=O)NCC(=O)O. The fourth-order valence-electron chi connectivity index (χ4n) is 1.88. The summed E-state index contributed by atoms with van der Waals surface area (Å²) >= 11 is 0. The van der Waals surface area contributed by atoms with Crippen molar-refractivity contribution < 1.29 is 34.2 Å². The Balaban J connectivity index is 5.08. The summed E-state index contributed by atoms with van der Waals surface area (Å²) in [6, 6.07) is -3.57. The first-order valence-electron chi connectivity index (χ1n) is 8.24. The molecule has 0 fully saturated rings. The van der Waals surface area contributed by atoms with Crippen LogP contribution in [0.15, 0.2) is 0 Å². The number of nitrogens with one attached hydrogen (secondary N) is 3. The summed E-state index contributed by atoms with van der Waals surface area (Å²) in [7, 11) is 0. The van der Waals surface area contributed by atoms with Crippen LogP contribution in [0.5, 0.6) is 0 Å². The van der Waals surface area contributed by atoms with Crippen LogP contribution < -0.4 is 27.4 Å². The normalized spacial score (nSPS) is 14.0. The van der Waals surface area contributed by atoms with Crippen molar-refractivity contribution in [2.75, 3.05) is 13.2 Å². The second kappa shape index (κ2) is 11.8. The fraction of sp³-hybridized carbons (Fsp3) is 0.667. The minimum Gasteiger partial charge on any atom is -0.480 e. The van der Waals surface area contributed by atoms with Crippen LogP contribution >= 0.6 is 0 Å². The lowest BCUT2D eigenvalue weighted by Crippen LogP contribution is -2.57. The van der Waals surface area contributed by atoms with Gasteiger partial charge >= 0.3 is 5.97 Å². The predicted octanol–water partition coefficient (Wildman–Crippen LogP) is -3.60. The largest absolute Gasteiger partial charge is 0.480 e. The van der Waals surface area contributed by atoms with Gasteiger partial charge in [-0.3, -0.25) is 24.0 Å². The van der Waals surface area contributed by atoms with E-state index in [9.17, 15) is 29.1 Å². The van der Waals surface area contributed by atoms with Crippen LogP contribution in [0, 0.1) is 5.92 Å². The van der Waals surface area contributed by atoms with Gasteiger partial charge in [-0.15, -0.1) is 0 Å². The van der Waals surface area contributed by atoms with Crippen LogP contribution in [0.4, 0.5) is 0 Å². The molecule has 4 amide bonds. The van der Waals surface area contributed by atoms with Crippen molar-refractivity contribution in [2.24, 2.45) is 17.4 Å². The molecule has 0 bridgehead atoms. The molecule has 9 N–H and O–H groups in total. The Kier molecular flexibility index (Phi) is 10.6. The molecule has 27 heavy (non-hydrogen) atoms. The second-order valence-corrected chi connectivity index (χ2v) is 6.19. The van der Waals surface area contributed by atoms with E-state index < -0.39 is 60.9 Å². The van der Waals surface area contributed by atoms with Gasteiger partial charge in [-0.05, 0) is 12.3 Å². The number of carbonyl (C=O) groups excluding carboxylic acids is 4. The molecule has 0 rings (SSSR count). The summed E-state index contributed by atoms with van der Waals surface area (Å²) in [6.45, 7) is 1.91. The van der Waals surface area contributed by atoms with Gasteiger partial charge in [0.1, 0.15) is 18.6 Å². The van der Waals surface area contributed by atoms with Crippen LogP contribution in [0.3, 0.4) is 0 Å². The smallest absolute Gasteiger partial charge is 0.322 e. The fourth-order valence-corrected chi connectivity index (χ4v) is 1.88. The Bertz CT molecular complexity index is 567. The highest BCUT2D eigenvalue weighted by molar-refractivity contribution is 5.94. The van der Waals surface area contributed by atoms with E-state index in [1.54, 1.807) is 13.8 Å². The molecular formula is C15H27N5O7. The van der Waals surface area contributed by atoms with Crippen LogP contribution in [0.1, 0.15) is 26.7 Å². The van der Waals surface area contributed by atoms with Gasteiger partial charge in [-0.25, -0.2) is 0 Å². The number of aliphatic carboxylic acids is 1. The van der Waals surface area contributed by atoms with Gasteiger partial charge in [-0.1, -0.05) is 13.8 Å². The number of rotatable bonds is 12. The molecule has 0 aromatic carbocycles. The van der Waals surface area contributed by atoms with Crippen molar-refractivity contribution in [1.82, 2.24) is 16.0 Å². The van der Waals surface area contributed by atoms with Gasteiger partial charge in [0.15, 0.2) is 0 Å². The van der Waals surface area contributed by atoms with Gasteiger partial charge in [0.2, 0.25) is 23.6 Å². The summed E-state index contributed by atoms with van der Waals surface area (Å²) in [5, 5.41) is 24.4. The summed E-state index contributed by atoms with van der Waals surface area (Å²) in [5.41, 5.74) is 10.8. The topological polar surface area (TPSA) is 214 Å². The van der Waals surface area contributed by atoms with E-state index in [0.29, 0.717) is 0 Å². The molecule has 0 radical (unpaired) electrons. The monoisotopic (exact) mass is 389 g/mol. The van der Waals surface area contributed by atoms with Crippen LogP contribution in [-0.2, 0) is 24.0 Å². The number of carboxylic acids is 1. The number of hydrogen-bond acceptors (Lipinski definition) is 7. The maximum absolute atomic E-state index is 12.4. The first kappa shape index (κ1) is 24.3. The number of aliphatic hydroxyl groups excluding tert-OH is 1. The third-order valence-corrected chi connectivity index (χ3v) is 3.56. The van der Waals surface area contributed by atoms with Crippen molar-refractivity contribution in [2.45, 2.75) is 44.8 Å². The number of aliphatic hydroxyl groups is 1. The van der Waals surface area contributed by atoms with E-state index in [2.05, 4.69) is 10.6 Å². The van der Waals surface area contributed by atoms with Crippen LogP contribution in [-0.4, -0.2) is 71.1 Å². The van der Waals surface area contributed by atoms with E-state index in [1.165, 1.54) is 0 Å². The molecule has 0 aliphatic heterocycles. The summed E-state index contributed by atoms with van der Waals surface area (Å²) in [6.07, 6.45) is -0.364. The molecule has 0 saturated carbocycles. The minimum atomic E-state index is -1.44. The number of carbonyl (C=O) groups is 5. The Hall–Kier alpha value is -2.73. The molecule has 154 valence electrons. The summed E-state index contributed by atoms with van der Waals surface area (Å²) in [4.78, 5) is 57.7. The van der Waals surface area contributed by atoms with E-state index in [0.717, 1.165) is 0 Å². The summed E-state index contributed by atoms with van der Waals surface area (Å²) in [5.74, 6) is -4.63. The number of hydrogen-bond donors (Lipinski definition) is 7. The molecule has 12 nitrogen and oxygen atoms in total. The highest BCUT2D eigenvalue weighted by Gasteiger charge is 2.28. The average molecular weight is 389 g/mol. The molecule has 3 unspecified atom stereocenters. The van der Waals surface area contributed by atoms with Gasteiger partial charge < -0.3 is 37.6 Å². The third kappa shape index (κ3) is 9.51. The zero-order chi connectivity index (χ0) is 21.1. The molecule has 0 aromatic heterocycles. The lowest BCUT2D eigenvalue weighted by Gasteiger charge is -2.24. The van der Waals surface area contributed by atoms with Crippen molar-refractivity contribution in [1.29, 1.82) is 0 Å². The van der Waals surface area contributed by atoms with Crippen LogP contribution in [0.2, 0.25) is 0 Å². The van der Waals surface area contributed by atoms with Gasteiger partial charge in [0.05, 0.1) is 12.6 Å². The highest BCUT2D eigenvalue weighted by atomic mass is 16.4. The zero-order valence-corrected chi connectivity index (χ0v) is 15.2. The van der Waals surface area contributed by atoms with E-state index in [-0.39, 0.29) is 18.8 Å². The Morgan fingerprint density at radius 3 is 1.96 bits per heavy atom. The molecule has 3 atom stereocenters. The maximum Gasteiger partial charge on any atom is 0.322 e. The molecule has 12 heteroatoms. The third-order valence-electron chi connectivity index (χ3n) is 3.56. The van der Waals surface area contributed by atoms with Crippen molar-refractivity contribution in [3.8, 4) is 0 Å². The minimum absolute atomic E-state index is 0.146. The molecule has 0 aliphatic carbocycles. The Morgan fingerprint density at radius 2 is 1.52 bits per heavy atom. The standard InChI is InChI=1S/C15H27N5O7/c1-7(2)12(17)15(27)19-8(3-4-10(16)22)14(26)20-9(6-21)13(25)18-5-11(23)24/h7-9,12,21H,3-6,17H2,1-2H3,(H2,16,22)(H,18,25)(H,19,27)(H,20,26)(H,23,24). The molecule has 0 saturated heterocycles. The van der Waals surface area contributed by atoms with E-state index >= 15 is 0 Å². The van der Waals surface area contributed by atoms with Crippen molar-refractivity contribution in [3.63, 3.8) is 0 Å². The molecule has 0 aliphatic rings. The number of carboxylic acid groups (broad SMARTS) is 1. The predicted molar refractivity (Wildman–Crippen MR) is 92.8 cm³/mol. The molecule has 0 spiro atoms. The maximum atomic E-state index is 12.4. The van der Waals surface area contributed by atoms with Crippen LogP contribution in [0.25, 0.3) is 0 Å². The average Bonchev–Trinajstić information content (AvgIpc) is 2.59. The first-order chi connectivity index (χ1) is 12.5. The lowest BCUT2D eigenvalue weighted by molar-refractivity contribution is -0.139. The van der Waals surface area contributed by atoms with Gasteiger partial charge in [0, 0.05) is 6.42 Å². The van der Waals surface area contributed by atoms with E-state index in [4.69, 9.17) is 16.6 Å². The second-order valence-electron chi connectivity index (χ2n) is 6.19. The Morgan fingerprint density at radius 1 is 0.963 bits per heavy atom. The first-order valence-corrected chi connectivity index (χ1v) is 8.24. The van der Waals surface area contributed by atoms with Crippen molar-refractivity contribution >= 4 is 29.6 Å². The lowest BCUT2D eigenvalue weighted by atomic mass is 10.0. The van der Waals surface area contributed by atoms with Gasteiger partial charge in [-0.2, -0.15) is 0 Å². The number of amides is 4. The molecular weight excluding hydrogens is 362 g/mol. The molecule has 0 heterocycles. The Labute approximate surface area is 156 Å². The quantitative estimate of drug-likeness (QED) is 0.176. The molecule has 0 aromatic rings. The number of nitrogens with two attached hydrogens (primary N) is 2. The highest BCUT2D eigenvalue weighted by Crippen LogP contribution is 2.03. The number of primary amides is 1. The summed E-state index contributed by atoms with van der Waals surface area (Å²) < 4.78 is 0. The van der Waals surface area contributed by atoms with E-state index in [1.807, 2.05) is 5.32 Å². The van der Waals surface area contributed by atoms with Gasteiger partial charge in [0.25, 0.3) is 0 Å².